The van der Waals surface area contributed by atoms with Gasteiger partial charge in [-0.3, -0.25) is 9.59 Å². The van der Waals surface area contributed by atoms with Crippen LogP contribution in [0.25, 0.3) is 0 Å². The average Bonchev–Trinajstić information content (AvgIpc) is 2.62. The van der Waals surface area contributed by atoms with Gasteiger partial charge in [-0.25, -0.2) is 0 Å². The van der Waals surface area contributed by atoms with Gasteiger partial charge in [0.15, 0.2) is 0 Å². The summed E-state index contributed by atoms with van der Waals surface area (Å²) >= 11 is 0. The van der Waals surface area contributed by atoms with E-state index >= 15 is 0 Å². The Morgan fingerprint density at radius 1 is 1.50 bits per heavy atom. The second-order valence-electron chi connectivity index (χ2n) is 3.67. The molecule has 18 heavy (non-hydrogen) atoms. The Labute approximate surface area is 100 Å². The zero-order valence-electron chi connectivity index (χ0n) is 9.36. The molecule has 0 radical (unpaired) electrons. The predicted molar refractivity (Wildman–Crippen MR) is 55.1 cm³/mol. The van der Waals surface area contributed by atoms with Crippen LogP contribution in [0, 0.1) is 0 Å². The number of carbonyl (C=O) groups excluding carboxylic acids is 1. The van der Waals surface area contributed by atoms with E-state index in [1.165, 1.54) is 19.1 Å². The first-order chi connectivity index (χ1) is 8.20. The van der Waals surface area contributed by atoms with Crippen LogP contribution in [-0.2, 0) is 11.3 Å². The Bertz CT molecular complexity index is 453. The Morgan fingerprint density at radius 3 is 2.61 bits per heavy atom. The number of carboxylic acids is 1. The standard InChI is InChI=1S/C10H11F3N2O3/c1-6(9(17)18)14-8(16)7-3-2-4-15(7)5-10(11,12)13/h2-4,6H,5H2,1H3,(H,14,16)(H,17,18)/t6-/m1/s1. The van der Waals surface area contributed by atoms with E-state index in [9.17, 15) is 22.8 Å². The monoisotopic (exact) mass is 264 g/mol. The van der Waals surface area contributed by atoms with Gasteiger partial charge in [-0.15, -0.1) is 0 Å². The highest BCUT2D eigenvalue weighted by molar-refractivity contribution is 5.95. The van der Waals surface area contributed by atoms with Crippen molar-refractivity contribution in [1.82, 2.24) is 9.88 Å². The molecule has 0 saturated heterocycles. The zero-order valence-corrected chi connectivity index (χ0v) is 9.36. The SMILES string of the molecule is C[C@@H](NC(=O)c1cccn1CC(F)(F)F)C(=O)O. The summed E-state index contributed by atoms with van der Waals surface area (Å²) in [4.78, 5) is 22.1. The Balaban J connectivity index is 2.81. The number of carboxylic acid groups (broad SMARTS) is 1. The number of rotatable bonds is 4. The van der Waals surface area contributed by atoms with Gasteiger partial charge >= 0.3 is 12.1 Å². The molecule has 1 atom stereocenters. The third-order valence-electron chi connectivity index (χ3n) is 2.13. The lowest BCUT2D eigenvalue weighted by molar-refractivity contribution is -0.141. The molecule has 0 aromatic carbocycles. The minimum Gasteiger partial charge on any atom is -0.480 e. The highest BCUT2D eigenvalue weighted by atomic mass is 19.4. The summed E-state index contributed by atoms with van der Waals surface area (Å²) in [5.74, 6) is -2.13. The molecule has 0 aliphatic carbocycles. The normalized spacial score (nSPS) is 13.1. The van der Waals surface area contributed by atoms with Crippen molar-refractivity contribution in [2.45, 2.75) is 25.7 Å². The first-order valence-corrected chi connectivity index (χ1v) is 4.96. The largest absolute Gasteiger partial charge is 0.480 e. The van der Waals surface area contributed by atoms with Gasteiger partial charge in [-0.05, 0) is 19.1 Å². The molecule has 0 fully saturated rings. The highest BCUT2D eigenvalue weighted by Crippen LogP contribution is 2.19. The van der Waals surface area contributed by atoms with E-state index in [0.29, 0.717) is 4.57 Å². The van der Waals surface area contributed by atoms with E-state index in [1.807, 2.05) is 0 Å². The third kappa shape index (κ3) is 3.79. The Hall–Kier alpha value is -1.99. The smallest absolute Gasteiger partial charge is 0.406 e. The molecule has 5 nitrogen and oxygen atoms in total. The van der Waals surface area contributed by atoms with Gasteiger partial charge in [0.05, 0.1) is 0 Å². The molecule has 0 bridgehead atoms. The molecular formula is C10H11F3N2O3. The summed E-state index contributed by atoms with van der Waals surface area (Å²) in [5.41, 5.74) is -0.236. The second kappa shape index (κ2) is 5.11. The van der Waals surface area contributed by atoms with Crippen molar-refractivity contribution >= 4 is 11.9 Å². The summed E-state index contributed by atoms with van der Waals surface area (Å²) in [7, 11) is 0. The van der Waals surface area contributed by atoms with E-state index in [0.717, 1.165) is 6.20 Å². The van der Waals surface area contributed by atoms with E-state index in [-0.39, 0.29) is 5.69 Å². The minimum absolute atomic E-state index is 0.236. The van der Waals surface area contributed by atoms with Crippen LogP contribution in [0.4, 0.5) is 13.2 Å². The van der Waals surface area contributed by atoms with Crippen LogP contribution in [0.5, 0.6) is 0 Å². The van der Waals surface area contributed by atoms with E-state index in [2.05, 4.69) is 5.32 Å². The van der Waals surface area contributed by atoms with Crippen LogP contribution in [0.15, 0.2) is 18.3 Å². The van der Waals surface area contributed by atoms with E-state index in [1.54, 1.807) is 0 Å². The van der Waals surface area contributed by atoms with Crippen molar-refractivity contribution in [3.05, 3.63) is 24.0 Å². The molecule has 0 unspecified atom stereocenters. The lowest BCUT2D eigenvalue weighted by Crippen LogP contribution is -2.39. The maximum atomic E-state index is 12.2. The number of alkyl halides is 3. The number of carbonyl (C=O) groups is 2. The van der Waals surface area contributed by atoms with Crippen LogP contribution in [0.2, 0.25) is 0 Å². The molecule has 1 rings (SSSR count). The second-order valence-corrected chi connectivity index (χ2v) is 3.67. The molecule has 0 spiro atoms. The predicted octanol–water partition coefficient (Wildman–Crippen LogP) is 1.25. The number of halogens is 3. The average molecular weight is 264 g/mol. The number of aromatic nitrogens is 1. The van der Waals surface area contributed by atoms with Gasteiger partial charge in [0.2, 0.25) is 0 Å². The van der Waals surface area contributed by atoms with Crippen molar-refractivity contribution in [2.75, 3.05) is 0 Å². The molecule has 100 valence electrons. The summed E-state index contributed by atoms with van der Waals surface area (Å²) in [6.45, 7) is -0.0819. The lowest BCUT2D eigenvalue weighted by Gasteiger charge is -2.13. The van der Waals surface area contributed by atoms with Crippen molar-refractivity contribution in [1.29, 1.82) is 0 Å². The number of nitrogens with one attached hydrogen (secondary N) is 1. The van der Waals surface area contributed by atoms with Crippen LogP contribution in [0.3, 0.4) is 0 Å². The molecule has 0 saturated carbocycles. The molecule has 1 aromatic heterocycles. The number of hydrogen-bond donors (Lipinski definition) is 2. The van der Waals surface area contributed by atoms with Crippen LogP contribution in [-0.4, -0.2) is 33.8 Å². The lowest BCUT2D eigenvalue weighted by atomic mass is 10.3. The summed E-state index contributed by atoms with van der Waals surface area (Å²) in [6, 6.07) is 1.30. The number of amides is 1. The minimum atomic E-state index is -4.45. The molecule has 1 heterocycles. The first kappa shape index (κ1) is 14.1. The number of hydrogen-bond acceptors (Lipinski definition) is 2. The quantitative estimate of drug-likeness (QED) is 0.859. The summed E-state index contributed by atoms with van der Waals surface area (Å²) in [6.07, 6.45) is -3.35. The molecule has 1 amide bonds. The molecule has 0 aliphatic rings. The van der Waals surface area contributed by atoms with Gasteiger partial charge in [-0.2, -0.15) is 13.2 Å². The maximum absolute atomic E-state index is 12.2. The molecule has 8 heteroatoms. The molecule has 1 aromatic rings. The van der Waals surface area contributed by atoms with Gasteiger partial charge in [0.25, 0.3) is 5.91 Å². The van der Waals surface area contributed by atoms with Crippen molar-refractivity contribution in [3.8, 4) is 0 Å². The molecule has 0 aliphatic heterocycles. The van der Waals surface area contributed by atoms with Crippen molar-refractivity contribution < 1.29 is 27.9 Å². The molecular weight excluding hydrogens is 253 g/mol. The van der Waals surface area contributed by atoms with Crippen LogP contribution in [0.1, 0.15) is 17.4 Å². The van der Waals surface area contributed by atoms with Crippen LogP contribution >= 0.6 is 0 Å². The summed E-state index contributed by atoms with van der Waals surface area (Å²) in [5, 5.41) is 10.7. The van der Waals surface area contributed by atoms with Gasteiger partial charge in [-0.1, -0.05) is 0 Å². The fourth-order valence-corrected chi connectivity index (χ4v) is 1.28. The van der Waals surface area contributed by atoms with E-state index in [4.69, 9.17) is 5.11 Å². The fourth-order valence-electron chi connectivity index (χ4n) is 1.28. The Morgan fingerprint density at radius 2 is 2.11 bits per heavy atom. The van der Waals surface area contributed by atoms with Crippen molar-refractivity contribution in [2.24, 2.45) is 0 Å². The fraction of sp³-hybridized carbons (Fsp3) is 0.400. The summed E-state index contributed by atoms with van der Waals surface area (Å²) < 4.78 is 37.3. The highest BCUT2D eigenvalue weighted by Gasteiger charge is 2.29. The molecule has 2 N–H and O–H groups in total. The number of nitrogens with zero attached hydrogens (tertiary/aromatic N) is 1. The maximum Gasteiger partial charge on any atom is 0.406 e. The Kier molecular flexibility index (Phi) is 4.00. The van der Waals surface area contributed by atoms with Crippen LogP contribution < -0.4 is 5.32 Å². The van der Waals surface area contributed by atoms with Gasteiger partial charge < -0.3 is 15.0 Å². The van der Waals surface area contributed by atoms with Crippen molar-refractivity contribution in [3.63, 3.8) is 0 Å². The first-order valence-electron chi connectivity index (χ1n) is 4.96. The third-order valence-corrected chi connectivity index (χ3v) is 2.13. The van der Waals surface area contributed by atoms with E-state index < -0.39 is 30.6 Å². The van der Waals surface area contributed by atoms with Gasteiger partial charge in [0, 0.05) is 6.20 Å². The topological polar surface area (TPSA) is 71.3 Å². The zero-order chi connectivity index (χ0) is 13.9. The van der Waals surface area contributed by atoms with Gasteiger partial charge in [0.1, 0.15) is 18.3 Å². The number of aliphatic carboxylic acids is 1.